The van der Waals surface area contributed by atoms with Gasteiger partial charge in [-0.2, -0.15) is 0 Å². The van der Waals surface area contributed by atoms with Gasteiger partial charge in [0.05, 0.1) is 18.0 Å². The highest BCUT2D eigenvalue weighted by Gasteiger charge is 2.22. The molecule has 0 spiro atoms. The molecule has 6 heteroatoms. The molecule has 2 aromatic rings. The van der Waals surface area contributed by atoms with E-state index < -0.39 is 0 Å². The van der Waals surface area contributed by atoms with E-state index in [4.69, 9.17) is 0 Å². The molecule has 5 nitrogen and oxygen atoms in total. The van der Waals surface area contributed by atoms with Crippen molar-refractivity contribution in [3.05, 3.63) is 26.6 Å². The van der Waals surface area contributed by atoms with Gasteiger partial charge in [-0.3, -0.25) is 9.69 Å². The van der Waals surface area contributed by atoms with Crippen LogP contribution in [0.5, 0.6) is 0 Å². The summed E-state index contributed by atoms with van der Waals surface area (Å²) in [4.78, 5) is 24.5. The molecule has 0 unspecified atom stereocenters. The van der Waals surface area contributed by atoms with Gasteiger partial charge in [0.15, 0.2) is 0 Å². The maximum absolute atomic E-state index is 12.4. The fourth-order valence-electron chi connectivity index (χ4n) is 3.41. The zero-order valence-electron chi connectivity index (χ0n) is 11.9. The summed E-state index contributed by atoms with van der Waals surface area (Å²) in [6, 6.07) is 0. The summed E-state index contributed by atoms with van der Waals surface area (Å²) in [6.07, 6.45) is 4.71. The molecule has 2 N–H and O–H groups in total. The molecule has 4 rings (SSSR count). The lowest BCUT2D eigenvalue weighted by Gasteiger charge is -2.28. The minimum Gasteiger partial charge on any atom is -0.393 e. The molecule has 0 saturated carbocycles. The number of aryl methyl sites for hydroxylation is 2. The molecule has 112 valence electrons. The quantitative estimate of drug-likeness (QED) is 0.880. The Labute approximate surface area is 126 Å². The number of aliphatic hydroxyl groups is 1. The number of likely N-dealkylation sites (tertiary alicyclic amines) is 1. The van der Waals surface area contributed by atoms with Crippen molar-refractivity contribution in [3.63, 3.8) is 0 Å². The molecule has 1 aliphatic heterocycles. The Balaban J connectivity index is 1.63. The second-order valence-electron chi connectivity index (χ2n) is 6.06. The number of hydrogen-bond donors (Lipinski definition) is 2. The van der Waals surface area contributed by atoms with Crippen LogP contribution < -0.4 is 5.56 Å². The highest BCUT2D eigenvalue weighted by molar-refractivity contribution is 7.18. The largest absolute Gasteiger partial charge is 0.393 e. The fourth-order valence-corrected chi connectivity index (χ4v) is 4.69. The van der Waals surface area contributed by atoms with Crippen molar-refractivity contribution in [1.82, 2.24) is 14.9 Å². The van der Waals surface area contributed by atoms with Crippen molar-refractivity contribution in [3.8, 4) is 0 Å². The van der Waals surface area contributed by atoms with Crippen LogP contribution in [0.3, 0.4) is 0 Å². The summed E-state index contributed by atoms with van der Waals surface area (Å²) in [6.45, 7) is 2.40. The summed E-state index contributed by atoms with van der Waals surface area (Å²) < 4.78 is 0. The maximum Gasteiger partial charge on any atom is 0.259 e. The number of H-pyrrole nitrogens is 1. The number of nitrogens with one attached hydrogen (secondary N) is 1. The van der Waals surface area contributed by atoms with Gasteiger partial charge in [-0.05, 0) is 37.7 Å². The third kappa shape index (κ3) is 2.41. The highest BCUT2D eigenvalue weighted by atomic mass is 32.1. The minimum absolute atomic E-state index is 0.0199. The molecule has 2 aromatic heterocycles. The number of aliphatic hydroxyl groups excluding tert-OH is 1. The normalized spacial score (nSPS) is 20.2. The van der Waals surface area contributed by atoms with Gasteiger partial charge in [0, 0.05) is 18.0 Å². The SMILES string of the molecule is O=c1[nH]c(CN2CCC(O)CC2)nc2sc3c(c12)CCC3. The standard InChI is InChI=1S/C15H19N3O2S/c19-9-4-6-18(7-5-9)8-12-16-14(20)13-10-2-1-3-11(10)21-15(13)17-12/h9,19H,1-8H2,(H,16,17,20). The number of hydrogen-bond acceptors (Lipinski definition) is 5. The Morgan fingerprint density at radius 2 is 2.14 bits per heavy atom. The van der Waals surface area contributed by atoms with Gasteiger partial charge in [-0.1, -0.05) is 0 Å². The lowest BCUT2D eigenvalue weighted by atomic mass is 10.1. The van der Waals surface area contributed by atoms with E-state index in [9.17, 15) is 9.90 Å². The predicted molar refractivity (Wildman–Crippen MR) is 82.8 cm³/mol. The Bertz CT molecular complexity index is 728. The summed E-state index contributed by atoms with van der Waals surface area (Å²) in [7, 11) is 0. The molecule has 0 amide bonds. The lowest BCUT2D eigenvalue weighted by Crippen LogP contribution is -2.36. The molecule has 1 fully saturated rings. The third-order valence-corrected chi connectivity index (χ3v) is 5.74. The first-order chi connectivity index (χ1) is 10.2. The summed E-state index contributed by atoms with van der Waals surface area (Å²) >= 11 is 1.69. The van der Waals surface area contributed by atoms with E-state index >= 15 is 0 Å². The number of thiophene rings is 1. The molecule has 1 aliphatic carbocycles. The average Bonchev–Trinajstić information content (AvgIpc) is 3.01. The topological polar surface area (TPSA) is 69.2 Å². The Morgan fingerprint density at radius 1 is 1.33 bits per heavy atom. The summed E-state index contributed by atoms with van der Waals surface area (Å²) in [5, 5.41) is 10.4. The molecule has 1 saturated heterocycles. The lowest BCUT2D eigenvalue weighted by molar-refractivity contribution is 0.0780. The van der Waals surface area contributed by atoms with Crippen LogP contribution in [0.2, 0.25) is 0 Å². The van der Waals surface area contributed by atoms with Crippen LogP contribution in [0.15, 0.2) is 4.79 Å². The van der Waals surface area contributed by atoms with Gasteiger partial charge in [0.25, 0.3) is 5.56 Å². The van der Waals surface area contributed by atoms with Crippen LogP contribution in [-0.2, 0) is 19.4 Å². The van der Waals surface area contributed by atoms with Gasteiger partial charge in [0.2, 0.25) is 0 Å². The summed E-state index contributed by atoms with van der Waals surface area (Å²) in [5.41, 5.74) is 1.25. The monoisotopic (exact) mass is 305 g/mol. The van der Waals surface area contributed by atoms with E-state index in [1.165, 1.54) is 10.4 Å². The van der Waals surface area contributed by atoms with Crippen molar-refractivity contribution in [2.24, 2.45) is 0 Å². The zero-order valence-corrected chi connectivity index (χ0v) is 12.7. The third-order valence-electron chi connectivity index (χ3n) is 4.55. The predicted octanol–water partition coefficient (Wildman–Crippen LogP) is 1.43. The fraction of sp³-hybridized carbons (Fsp3) is 0.600. The van der Waals surface area contributed by atoms with E-state index in [0.717, 1.165) is 61.2 Å². The first-order valence-electron chi connectivity index (χ1n) is 7.64. The van der Waals surface area contributed by atoms with E-state index in [1.54, 1.807) is 11.3 Å². The van der Waals surface area contributed by atoms with Crippen molar-refractivity contribution in [2.75, 3.05) is 13.1 Å². The second kappa shape index (κ2) is 5.19. The maximum atomic E-state index is 12.4. The molecular formula is C15H19N3O2S. The van der Waals surface area contributed by atoms with Crippen molar-refractivity contribution in [1.29, 1.82) is 0 Å². The van der Waals surface area contributed by atoms with E-state index in [0.29, 0.717) is 6.54 Å². The first kappa shape index (κ1) is 13.4. The average molecular weight is 305 g/mol. The number of aromatic nitrogens is 2. The van der Waals surface area contributed by atoms with Gasteiger partial charge < -0.3 is 10.1 Å². The Kier molecular flexibility index (Phi) is 3.32. The van der Waals surface area contributed by atoms with Crippen LogP contribution in [0, 0.1) is 0 Å². The number of nitrogens with zero attached hydrogens (tertiary/aromatic N) is 2. The van der Waals surface area contributed by atoms with Crippen molar-refractivity contribution >= 4 is 21.6 Å². The highest BCUT2D eigenvalue weighted by Crippen LogP contribution is 2.34. The Morgan fingerprint density at radius 3 is 2.95 bits per heavy atom. The number of aromatic amines is 1. The molecule has 3 heterocycles. The molecule has 0 atom stereocenters. The minimum atomic E-state index is -0.170. The molecule has 2 aliphatic rings. The molecule has 0 bridgehead atoms. The van der Waals surface area contributed by atoms with Crippen LogP contribution >= 0.6 is 11.3 Å². The van der Waals surface area contributed by atoms with Gasteiger partial charge in [-0.15, -0.1) is 11.3 Å². The number of piperidine rings is 1. The number of rotatable bonds is 2. The zero-order chi connectivity index (χ0) is 14.4. The van der Waals surface area contributed by atoms with E-state index in [2.05, 4.69) is 14.9 Å². The molecule has 0 radical (unpaired) electrons. The molecule has 21 heavy (non-hydrogen) atoms. The smallest absolute Gasteiger partial charge is 0.259 e. The van der Waals surface area contributed by atoms with Crippen LogP contribution in [-0.4, -0.2) is 39.2 Å². The van der Waals surface area contributed by atoms with Crippen LogP contribution in [0.4, 0.5) is 0 Å². The van der Waals surface area contributed by atoms with Crippen LogP contribution in [0.25, 0.3) is 10.2 Å². The van der Waals surface area contributed by atoms with Gasteiger partial charge >= 0.3 is 0 Å². The van der Waals surface area contributed by atoms with Gasteiger partial charge in [0.1, 0.15) is 10.7 Å². The van der Waals surface area contributed by atoms with Crippen LogP contribution in [0.1, 0.15) is 35.5 Å². The Hall–Kier alpha value is -1.24. The summed E-state index contributed by atoms with van der Waals surface area (Å²) in [5.74, 6) is 0.754. The van der Waals surface area contributed by atoms with E-state index in [-0.39, 0.29) is 11.7 Å². The number of fused-ring (bicyclic) bond motifs is 3. The molecule has 0 aromatic carbocycles. The molecular weight excluding hydrogens is 286 g/mol. The van der Waals surface area contributed by atoms with E-state index in [1.807, 2.05) is 0 Å². The van der Waals surface area contributed by atoms with Gasteiger partial charge in [-0.25, -0.2) is 4.98 Å². The first-order valence-corrected chi connectivity index (χ1v) is 8.46. The van der Waals surface area contributed by atoms with Crippen molar-refractivity contribution < 1.29 is 5.11 Å². The van der Waals surface area contributed by atoms with Crippen molar-refractivity contribution in [2.45, 2.75) is 44.8 Å². The second-order valence-corrected chi connectivity index (χ2v) is 7.14.